The smallest absolute Gasteiger partial charge is 0.129 e. The third kappa shape index (κ3) is 4.70. The Morgan fingerprint density at radius 3 is 2.62 bits per heavy atom. The van der Waals surface area contributed by atoms with Crippen LogP contribution in [-0.4, -0.2) is 23.1 Å². The zero-order chi connectivity index (χ0) is 15.6. The van der Waals surface area contributed by atoms with Crippen molar-refractivity contribution in [2.75, 3.05) is 11.4 Å². The van der Waals surface area contributed by atoms with Crippen molar-refractivity contribution < 1.29 is 0 Å². The first kappa shape index (κ1) is 16.3. The lowest BCUT2D eigenvalue weighted by molar-refractivity contribution is 0.375. The van der Waals surface area contributed by atoms with Gasteiger partial charge in [-0.05, 0) is 71.1 Å². The highest BCUT2D eigenvalue weighted by Gasteiger charge is 2.24. The first-order valence-electron chi connectivity index (χ1n) is 8.24. The van der Waals surface area contributed by atoms with Crippen molar-refractivity contribution in [2.24, 2.45) is 5.92 Å². The highest BCUT2D eigenvalue weighted by atomic mass is 15.2. The van der Waals surface area contributed by atoms with Crippen molar-refractivity contribution in [3.8, 4) is 0 Å². The first-order valence-corrected chi connectivity index (χ1v) is 8.24. The third-order valence-electron chi connectivity index (χ3n) is 4.26. The summed E-state index contributed by atoms with van der Waals surface area (Å²) in [6, 6.07) is 5.05. The minimum atomic E-state index is 0.144. The fourth-order valence-corrected chi connectivity index (χ4v) is 3.09. The quantitative estimate of drug-likeness (QED) is 0.914. The molecule has 3 nitrogen and oxygen atoms in total. The molecule has 2 rings (SSSR count). The van der Waals surface area contributed by atoms with Crippen LogP contribution in [0.2, 0.25) is 0 Å². The lowest BCUT2D eigenvalue weighted by Crippen LogP contribution is -2.41. The van der Waals surface area contributed by atoms with Crippen molar-refractivity contribution in [1.29, 1.82) is 0 Å². The molecule has 1 aliphatic rings. The average Bonchev–Trinajstić information content (AvgIpc) is 2.35. The van der Waals surface area contributed by atoms with Crippen LogP contribution in [0.4, 0.5) is 5.82 Å². The van der Waals surface area contributed by atoms with Crippen LogP contribution in [0.25, 0.3) is 0 Å². The number of rotatable bonds is 3. The topological polar surface area (TPSA) is 28.2 Å². The van der Waals surface area contributed by atoms with E-state index in [1.54, 1.807) is 0 Å². The molecule has 1 saturated heterocycles. The highest BCUT2D eigenvalue weighted by Crippen LogP contribution is 2.27. The Kier molecular flexibility index (Phi) is 4.92. The van der Waals surface area contributed by atoms with E-state index in [0.717, 1.165) is 30.5 Å². The van der Waals surface area contributed by atoms with Gasteiger partial charge in [0.15, 0.2) is 0 Å². The molecule has 2 unspecified atom stereocenters. The summed E-state index contributed by atoms with van der Waals surface area (Å²) in [6.45, 7) is 15.4. The SMILES string of the molecule is Cc1cc(CNC(C)(C)C)cc(N2CCC(C)CC2C)n1. The predicted octanol–water partition coefficient (Wildman–Crippen LogP) is 3.90. The van der Waals surface area contributed by atoms with E-state index in [4.69, 9.17) is 4.98 Å². The monoisotopic (exact) mass is 289 g/mol. The number of piperidine rings is 1. The largest absolute Gasteiger partial charge is 0.354 e. The molecule has 2 atom stereocenters. The maximum absolute atomic E-state index is 4.78. The van der Waals surface area contributed by atoms with Gasteiger partial charge in [0.1, 0.15) is 5.82 Å². The van der Waals surface area contributed by atoms with Gasteiger partial charge in [0.2, 0.25) is 0 Å². The van der Waals surface area contributed by atoms with Crippen molar-refractivity contribution in [2.45, 2.75) is 72.5 Å². The van der Waals surface area contributed by atoms with E-state index in [1.807, 2.05) is 0 Å². The van der Waals surface area contributed by atoms with Gasteiger partial charge in [-0.3, -0.25) is 0 Å². The van der Waals surface area contributed by atoms with Gasteiger partial charge in [-0.25, -0.2) is 4.98 Å². The van der Waals surface area contributed by atoms with Crippen LogP contribution in [0.15, 0.2) is 12.1 Å². The molecule has 0 bridgehead atoms. The lowest BCUT2D eigenvalue weighted by atomic mass is 9.93. The molecule has 0 amide bonds. The number of hydrogen-bond acceptors (Lipinski definition) is 3. The Labute approximate surface area is 130 Å². The summed E-state index contributed by atoms with van der Waals surface area (Å²) in [5.41, 5.74) is 2.59. The van der Waals surface area contributed by atoms with Crippen LogP contribution >= 0.6 is 0 Å². The summed E-state index contributed by atoms with van der Waals surface area (Å²) in [7, 11) is 0. The molecule has 0 saturated carbocycles. The van der Waals surface area contributed by atoms with Crippen molar-refractivity contribution in [3.63, 3.8) is 0 Å². The minimum Gasteiger partial charge on any atom is -0.354 e. The molecule has 1 fully saturated rings. The van der Waals surface area contributed by atoms with E-state index >= 15 is 0 Å². The number of nitrogens with zero attached hydrogens (tertiary/aromatic N) is 2. The fraction of sp³-hybridized carbons (Fsp3) is 0.722. The first-order chi connectivity index (χ1) is 9.74. The number of anilines is 1. The number of pyridine rings is 1. The summed E-state index contributed by atoms with van der Waals surface area (Å²) in [6.07, 6.45) is 2.54. The van der Waals surface area contributed by atoms with E-state index < -0.39 is 0 Å². The second-order valence-corrected chi connectivity index (χ2v) is 7.75. The van der Waals surface area contributed by atoms with Gasteiger partial charge in [-0.15, -0.1) is 0 Å². The number of aryl methyl sites for hydroxylation is 1. The molecule has 21 heavy (non-hydrogen) atoms. The van der Waals surface area contributed by atoms with E-state index in [9.17, 15) is 0 Å². The Morgan fingerprint density at radius 1 is 1.29 bits per heavy atom. The number of hydrogen-bond donors (Lipinski definition) is 1. The summed E-state index contributed by atoms with van der Waals surface area (Å²) in [5.74, 6) is 1.99. The second-order valence-electron chi connectivity index (χ2n) is 7.75. The highest BCUT2D eigenvalue weighted by molar-refractivity contribution is 5.44. The Morgan fingerprint density at radius 2 is 2.00 bits per heavy atom. The zero-order valence-electron chi connectivity index (χ0n) is 14.5. The van der Waals surface area contributed by atoms with Gasteiger partial charge in [-0.2, -0.15) is 0 Å². The normalized spacial score (nSPS) is 23.4. The van der Waals surface area contributed by atoms with Crippen LogP contribution in [-0.2, 0) is 6.54 Å². The van der Waals surface area contributed by atoms with Gasteiger partial charge in [0, 0.05) is 30.4 Å². The van der Waals surface area contributed by atoms with Crippen LogP contribution < -0.4 is 10.2 Å². The van der Waals surface area contributed by atoms with Gasteiger partial charge in [-0.1, -0.05) is 6.92 Å². The van der Waals surface area contributed by atoms with Gasteiger partial charge in [0.05, 0.1) is 0 Å². The number of nitrogens with one attached hydrogen (secondary N) is 1. The summed E-state index contributed by atoms with van der Waals surface area (Å²) in [4.78, 5) is 7.26. The van der Waals surface area contributed by atoms with Crippen LogP contribution in [0.1, 0.15) is 58.7 Å². The molecule has 0 aliphatic carbocycles. The molecular formula is C18H31N3. The summed E-state index contributed by atoms with van der Waals surface area (Å²) >= 11 is 0. The molecule has 0 aromatic carbocycles. The number of aromatic nitrogens is 1. The Hall–Kier alpha value is -1.09. The molecule has 1 aromatic rings. The second kappa shape index (κ2) is 6.35. The molecule has 1 aromatic heterocycles. The zero-order valence-corrected chi connectivity index (χ0v) is 14.5. The molecule has 0 spiro atoms. The van der Waals surface area contributed by atoms with Gasteiger partial charge in [0.25, 0.3) is 0 Å². The van der Waals surface area contributed by atoms with E-state index in [1.165, 1.54) is 18.4 Å². The Bertz CT molecular complexity index is 476. The maximum atomic E-state index is 4.78. The molecule has 3 heteroatoms. The summed E-state index contributed by atoms with van der Waals surface area (Å²) in [5, 5.41) is 3.57. The van der Waals surface area contributed by atoms with Crippen molar-refractivity contribution in [1.82, 2.24) is 10.3 Å². The van der Waals surface area contributed by atoms with E-state index in [2.05, 4.69) is 63.9 Å². The standard InChI is InChI=1S/C18H31N3/c1-13-7-8-21(15(3)9-13)17-11-16(10-14(2)20-17)12-19-18(4,5)6/h10-11,13,15,19H,7-9,12H2,1-6H3. The molecule has 2 heterocycles. The minimum absolute atomic E-state index is 0.144. The molecule has 0 radical (unpaired) electrons. The van der Waals surface area contributed by atoms with Crippen LogP contribution in [0.3, 0.4) is 0 Å². The average molecular weight is 289 g/mol. The van der Waals surface area contributed by atoms with Crippen molar-refractivity contribution in [3.05, 3.63) is 23.4 Å². The van der Waals surface area contributed by atoms with Crippen LogP contribution in [0.5, 0.6) is 0 Å². The predicted molar refractivity (Wildman–Crippen MR) is 90.8 cm³/mol. The molecule has 118 valence electrons. The molecule has 1 N–H and O–H groups in total. The lowest BCUT2D eigenvalue weighted by Gasteiger charge is -2.37. The van der Waals surface area contributed by atoms with E-state index in [0.29, 0.717) is 6.04 Å². The fourth-order valence-electron chi connectivity index (χ4n) is 3.09. The molecular weight excluding hydrogens is 258 g/mol. The summed E-state index contributed by atoms with van der Waals surface area (Å²) < 4.78 is 0. The third-order valence-corrected chi connectivity index (χ3v) is 4.26. The van der Waals surface area contributed by atoms with Crippen LogP contribution in [0, 0.1) is 12.8 Å². The van der Waals surface area contributed by atoms with Crippen molar-refractivity contribution >= 4 is 5.82 Å². The van der Waals surface area contributed by atoms with Gasteiger partial charge >= 0.3 is 0 Å². The Balaban J connectivity index is 2.15. The van der Waals surface area contributed by atoms with Gasteiger partial charge < -0.3 is 10.2 Å². The molecule has 1 aliphatic heterocycles. The van der Waals surface area contributed by atoms with E-state index in [-0.39, 0.29) is 5.54 Å². The maximum Gasteiger partial charge on any atom is 0.129 e.